The molecule has 4 heteroatoms. The van der Waals surface area contributed by atoms with Crippen molar-refractivity contribution in [3.63, 3.8) is 0 Å². The van der Waals surface area contributed by atoms with Crippen LogP contribution in [0.25, 0.3) is 6.08 Å². The van der Waals surface area contributed by atoms with Crippen molar-refractivity contribution in [2.45, 2.75) is 0 Å². The lowest BCUT2D eigenvalue weighted by Gasteiger charge is -2.19. The van der Waals surface area contributed by atoms with Gasteiger partial charge >= 0.3 is 0 Å². The molecule has 3 aromatic rings. The van der Waals surface area contributed by atoms with E-state index < -0.39 is 0 Å². The van der Waals surface area contributed by atoms with Crippen molar-refractivity contribution in [3.05, 3.63) is 102 Å². The summed E-state index contributed by atoms with van der Waals surface area (Å²) in [5.74, 6) is 1.07. The van der Waals surface area contributed by atoms with Crippen LogP contribution < -0.4 is 9.64 Å². The number of aliphatic imine (C=N–C) groups is 1. The summed E-state index contributed by atoms with van der Waals surface area (Å²) in [5, 5.41) is 0. The molecule has 27 heavy (non-hydrogen) atoms. The lowest BCUT2D eigenvalue weighted by molar-refractivity contribution is -0.113. The van der Waals surface area contributed by atoms with Gasteiger partial charge < -0.3 is 4.74 Å². The number of methoxy groups -OCH3 is 1. The Balaban J connectivity index is 1.87. The minimum absolute atomic E-state index is 0.161. The van der Waals surface area contributed by atoms with E-state index in [1.165, 1.54) is 0 Å². The van der Waals surface area contributed by atoms with Gasteiger partial charge in [0.2, 0.25) is 0 Å². The molecule has 1 heterocycles. The molecule has 1 aliphatic rings. The Hall–Kier alpha value is -3.66. The van der Waals surface area contributed by atoms with Gasteiger partial charge in [-0.25, -0.2) is 4.99 Å². The van der Waals surface area contributed by atoms with Crippen LogP contribution in [0.1, 0.15) is 11.1 Å². The second kappa shape index (κ2) is 7.30. The number of benzene rings is 3. The van der Waals surface area contributed by atoms with Crippen molar-refractivity contribution in [1.29, 1.82) is 0 Å². The molecule has 0 radical (unpaired) electrons. The van der Waals surface area contributed by atoms with E-state index in [1.54, 1.807) is 18.1 Å². The van der Waals surface area contributed by atoms with Crippen LogP contribution in [0.4, 0.5) is 5.69 Å². The molecule has 1 amide bonds. The molecular formula is C23H18N2O2. The van der Waals surface area contributed by atoms with Gasteiger partial charge in [-0.2, -0.15) is 0 Å². The molecular weight excluding hydrogens is 336 g/mol. The van der Waals surface area contributed by atoms with Crippen LogP contribution in [0.3, 0.4) is 0 Å². The Morgan fingerprint density at radius 2 is 1.48 bits per heavy atom. The maximum absolute atomic E-state index is 13.2. The first-order valence-electron chi connectivity index (χ1n) is 8.66. The van der Waals surface area contributed by atoms with Crippen LogP contribution in [0, 0.1) is 0 Å². The molecule has 0 fully saturated rings. The number of carbonyl (C=O) groups is 1. The first-order valence-corrected chi connectivity index (χ1v) is 8.66. The predicted molar refractivity (Wildman–Crippen MR) is 108 cm³/mol. The minimum atomic E-state index is -0.161. The summed E-state index contributed by atoms with van der Waals surface area (Å²) in [7, 11) is 1.61. The number of hydrogen-bond donors (Lipinski definition) is 0. The highest BCUT2D eigenvalue weighted by Crippen LogP contribution is 2.30. The van der Waals surface area contributed by atoms with Gasteiger partial charge in [-0.3, -0.25) is 9.69 Å². The first kappa shape index (κ1) is 16.8. The van der Waals surface area contributed by atoms with Crippen molar-refractivity contribution in [1.82, 2.24) is 0 Å². The van der Waals surface area contributed by atoms with Crippen LogP contribution in [0.5, 0.6) is 5.75 Å². The SMILES string of the molecule is COc1ccccc1C1=N/C(=C/c2ccccc2)C(=O)N1c1ccccc1. The molecule has 0 atom stereocenters. The minimum Gasteiger partial charge on any atom is -0.496 e. The maximum Gasteiger partial charge on any atom is 0.282 e. The van der Waals surface area contributed by atoms with Gasteiger partial charge in [0.15, 0.2) is 5.84 Å². The highest BCUT2D eigenvalue weighted by atomic mass is 16.5. The quantitative estimate of drug-likeness (QED) is 0.646. The molecule has 0 saturated carbocycles. The molecule has 0 unspecified atom stereocenters. The van der Waals surface area contributed by atoms with Crippen molar-refractivity contribution in [2.24, 2.45) is 4.99 Å². The molecule has 0 aromatic heterocycles. The maximum atomic E-state index is 13.2. The molecule has 0 N–H and O–H groups in total. The van der Waals surface area contributed by atoms with Crippen LogP contribution in [0.15, 0.2) is 95.6 Å². The normalized spacial score (nSPS) is 15.1. The molecule has 132 valence electrons. The van der Waals surface area contributed by atoms with Gasteiger partial charge in [-0.1, -0.05) is 60.7 Å². The largest absolute Gasteiger partial charge is 0.496 e. The van der Waals surface area contributed by atoms with Crippen LogP contribution in [-0.2, 0) is 4.79 Å². The third kappa shape index (κ3) is 3.25. The van der Waals surface area contributed by atoms with Gasteiger partial charge in [0.25, 0.3) is 5.91 Å². The van der Waals surface area contributed by atoms with Crippen LogP contribution >= 0.6 is 0 Å². The predicted octanol–water partition coefficient (Wildman–Crippen LogP) is 4.53. The van der Waals surface area contributed by atoms with Gasteiger partial charge in [0, 0.05) is 0 Å². The van der Waals surface area contributed by atoms with Crippen molar-refractivity contribution < 1.29 is 9.53 Å². The average Bonchev–Trinajstić information content (AvgIpc) is 3.05. The fourth-order valence-corrected chi connectivity index (χ4v) is 3.05. The third-order valence-electron chi connectivity index (χ3n) is 4.33. The van der Waals surface area contributed by atoms with E-state index in [2.05, 4.69) is 4.99 Å². The summed E-state index contributed by atoms with van der Waals surface area (Å²) in [6, 6.07) is 26.8. The molecule has 0 aliphatic carbocycles. The number of amidine groups is 1. The highest BCUT2D eigenvalue weighted by Gasteiger charge is 2.33. The standard InChI is InChI=1S/C23H18N2O2/c1-27-21-15-9-8-14-19(21)22-24-20(16-17-10-4-2-5-11-17)23(26)25(22)18-12-6-3-7-13-18/h2-16H,1H3/b20-16+. The van der Waals surface area contributed by atoms with Crippen molar-refractivity contribution >= 4 is 23.5 Å². The number of anilines is 1. The summed E-state index contributed by atoms with van der Waals surface area (Å²) in [6.07, 6.45) is 1.81. The Bertz CT molecular complexity index is 1020. The highest BCUT2D eigenvalue weighted by molar-refractivity contribution is 6.33. The zero-order chi connectivity index (χ0) is 18.6. The Morgan fingerprint density at radius 3 is 2.19 bits per heavy atom. The van der Waals surface area contributed by atoms with Crippen LogP contribution in [-0.4, -0.2) is 18.9 Å². The second-order valence-electron chi connectivity index (χ2n) is 6.05. The molecule has 0 spiro atoms. The Labute approximate surface area is 158 Å². The monoisotopic (exact) mass is 354 g/mol. The van der Waals surface area contributed by atoms with Crippen LogP contribution in [0.2, 0.25) is 0 Å². The summed E-state index contributed by atoms with van der Waals surface area (Å²) in [4.78, 5) is 19.5. The summed E-state index contributed by atoms with van der Waals surface area (Å²) >= 11 is 0. The lowest BCUT2D eigenvalue weighted by Crippen LogP contribution is -2.32. The summed E-state index contributed by atoms with van der Waals surface area (Å²) in [6.45, 7) is 0. The van der Waals surface area contributed by atoms with E-state index in [1.807, 2.05) is 84.9 Å². The number of para-hydroxylation sites is 2. The Kier molecular flexibility index (Phi) is 4.54. The van der Waals surface area contributed by atoms with Gasteiger partial charge in [-0.05, 0) is 35.9 Å². The number of ether oxygens (including phenoxy) is 1. The second-order valence-corrected chi connectivity index (χ2v) is 6.05. The number of hydrogen-bond acceptors (Lipinski definition) is 3. The van der Waals surface area contributed by atoms with E-state index >= 15 is 0 Å². The number of rotatable bonds is 4. The summed E-state index contributed by atoms with van der Waals surface area (Å²) in [5.41, 5.74) is 2.86. The van der Waals surface area contributed by atoms with E-state index in [-0.39, 0.29) is 5.91 Å². The summed E-state index contributed by atoms with van der Waals surface area (Å²) < 4.78 is 5.49. The first-order chi connectivity index (χ1) is 13.3. The smallest absolute Gasteiger partial charge is 0.282 e. The Morgan fingerprint density at radius 1 is 0.852 bits per heavy atom. The molecule has 4 rings (SSSR count). The van der Waals surface area contributed by atoms with Crippen molar-refractivity contribution in [2.75, 3.05) is 12.0 Å². The molecule has 0 bridgehead atoms. The molecule has 4 nitrogen and oxygen atoms in total. The zero-order valence-electron chi connectivity index (χ0n) is 14.9. The van der Waals surface area contributed by atoms with Gasteiger partial charge in [-0.15, -0.1) is 0 Å². The van der Waals surface area contributed by atoms with E-state index in [0.29, 0.717) is 17.3 Å². The van der Waals surface area contributed by atoms with E-state index in [9.17, 15) is 4.79 Å². The number of amides is 1. The fraction of sp³-hybridized carbons (Fsp3) is 0.0435. The number of carbonyl (C=O) groups excluding carboxylic acids is 1. The lowest BCUT2D eigenvalue weighted by atomic mass is 10.1. The zero-order valence-corrected chi connectivity index (χ0v) is 14.9. The average molecular weight is 354 g/mol. The molecule has 0 saturated heterocycles. The molecule has 1 aliphatic heterocycles. The molecule has 3 aromatic carbocycles. The van der Waals surface area contributed by atoms with Crippen molar-refractivity contribution in [3.8, 4) is 5.75 Å². The van der Waals surface area contributed by atoms with Gasteiger partial charge in [0.05, 0.1) is 18.4 Å². The van der Waals surface area contributed by atoms with Gasteiger partial charge in [0.1, 0.15) is 11.4 Å². The van der Waals surface area contributed by atoms with E-state index in [4.69, 9.17) is 4.74 Å². The van der Waals surface area contributed by atoms with E-state index in [0.717, 1.165) is 16.8 Å². The fourth-order valence-electron chi connectivity index (χ4n) is 3.05. The number of nitrogens with zero attached hydrogens (tertiary/aromatic N) is 2. The third-order valence-corrected chi connectivity index (χ3v) is 4.33. The topological polar surface area (TPSA) is 41.9 Å².